The van der Waals surface area contributed by atoms with E-state index >= 15 is 0 Å². The molecule has 0 aliphatic carbocycles. The van der Waals surface area contributed by atoms with Crippen LogP contribution >= 0.6 is 0 Å². The minimum absolute atomic E-state index is 0.00597. The van der Waals surface area contributed by atoms with E-state index in [1.54, 1.807) is 7.11 Å². The molecule has 112 valence electrons. The SMILES string of the molecule is CCOC(c1ccccc1)C(c1ccccc1)C(C)OC. The van der Waals surface area contributed by atoms with Crippen LogP contribution in [0.15, 0.2) is 60.7 Å². The van der Waals surface area contributed by atoms with Crippen LogP contribution in [-0.2, 0) is 9.47 Å². The van der Waals surface area contributed by atoms with Gasteiger partial charge in [0.15, 0.2) is 0 Å². The molecule has 0 bridgehead atoms. The number of hydrogen-bond acceptors (Lipinski definition) is 2. The third-order valence-corrected chi connectivity index (χ3v) is 3.86. The summed E-state index contributed by atoms with van der Waals surface area (Å²) in [7, 11) is 1.76. The van der Waals surface area contributed by atoms with E-state index in [-0.39, 0.29) is 18.1 Å². The van der Waals surface area contributed by atoms with Crippen LogP contribution in [0.1, 0.15) is 37.0 Å². The lowest BCUT2D eigenvalue weighted by Gasteiger charge is -2.31. The van der Waals surface area contributed by atoms with Crippen molar-refractivity contribution in [2.24, 2.45) is 0 Å². The van der Waals surface area contributed by atoms with Crippen LogP contribution < -0.4 is 0 Å². The van der Waals surface area contributed by atoms with Crippen LogP contribution in [0.2, 0.25) is 0 Å². The van der Waals surface area contributed by atoms with E-state index in [4.69, 9.17) is 9.47 Å². The lowest BCUT2D eigenvalue weighted by Crippen LogP contribution is -2.26. The predicted octanol–water partition coefficient (Wildman–Crippen LogP) is 4.58. The number of rotatable bonds is 7. The molecule has 0 saturated heterocycles. The second-order valence-corrected chi connectivity index (χ2v) is 5.16. The molecule has 21 heavy (non-hydrogen) atoms. The number of hydrogen-bond donors (Lipinski definition) is 0. The average molecular weight is 284 g/mol. The molecule has 0 spiro atoms. The van der Waals surface area contributed by atoms with E-state index < -0.39 is 0 Å². The summed E-state index contributed by atoms with van der Waals surface area (Å²) in [5, 5.41) is 0. The highest BCUT2D eigenvalue weighted by Gasteiger charge is 2.30. The van der Waals surface area contributed by atoms with Crippen molar-refractivity contribution in [2.45, 2.75) is 32.0 Å². The van der Waals surface area contributed by atoms with Crippen molar-refractivity contribution in [3.05, 3.63) is 71.8 Å². The van der Waals surface area contributed by atoms with Gasteiger partial charge in [-0.05, 0) is 25.0 Å². The van der Waals surface area contributed by atoms with E-state index in [1.165, 1.54) is 11.1 Å². The van der Waals surface area contributed by atoms with Crippen LogP contribution in [0.25, 0.3) is 0 Å². The lowest BCUT2D eigenvalue weighted by molar-refractivity contribution is -0.0120. The van der Waals surface area contributed by atoms with Crippen molar-refractivity contribution >= 4 is 0 Å². The molecule has 0 radical (unpaired) electrons. The third kappa shape index (κ3) is 3.93. The zero-order valence-electron chi connectivity index (χ0n) is 13.0. The summed E-state index contributed by atoms with van der Waals surface area (Å²) in [6.45, 7) is 4.82. The van der Waals surface area contributed by atoms with E-state index in [0.717, 1.165) is 0 Å². The Hall–Kier alpha value is -1.64. The molecule has 2 heteroatoms. The zero-order chi connectivity index (χ0) is 15.1. The average Bonchev–Trinajstić information content (AvgIpc) is 2.56. The van der Waals surface area contributed by atoms with Gasteiger partial charge in [0, 0.05) is 19.6 Å². The first-order chi connectivity index (χ1) is 10.3. The summed E-state index contributed by atoms with van der Waals surface area (Å²) in [5.74, 6) is 0.165. The highest BCUT2D eigenvalue weighted by atomic mass is 16.5. The quantitative estimate of drug-likeness (QED) is 0.740. The van der Waals surface area contributed by atoms with E-state index in [2.05, 4.69) is 55.5 Å². The van der Waals surface area contributed by atoms with Gasteiger partial charge in [0.05, 0.1) is 12.2 Å². The van der Waals surface area contributed by atoms with E-state index in [9.17, 15) is 0 Å². The molecule has 0 aromatic heterocycles. The Morgan fingerprint density at radius 3 is 1.86 bits per heavy atom. The highest BCUT2D eigenvalue weighted by molar-refractivity contribution is 5.28. The Bertz CT molecular complexity index is 510. The topological polar surface area (TPSA) is 18.5 Å². The molecule has 2 aromatic rings. The maximum absolute atomic E-state index is 6.09. The molecule has 3 unspecified atom stereocenters. The van der Waals surface area contributed by atoms with Crippen LogP contribution in [0, 0.1) is 0 Å². The van der Waals surface area contributed by atoms with Gasteiger partial charge in [0.1, 0.15) is 0 Å². The number of methoxy groups -OCH3 is 1. The lowest BCUT2D eigenvalue weighted by atomic mass is 9.85. The monoisotopic (exact) mass is 284 g/mol. The van der Waals surface area contributed by atoms with Gasteiger partial charge < -0.3 is 9.47 Å². The molecule has 2 rings (SSSR count). The first-order valence-corrected chi connectivity index (χ1v) is 7.52. The summed E-state index contributed by atoms with van der Waals surface area (Å²) < 4.78 is 11.7. The molecule has 0 N–H and O–H groups in total. The fraction of sp³-hybridized carbons (Fsp3) is 0.368. The van der Waals surface area contributed by atoms with Gasteiger partial charge in [0.2, 0.25) is 0 Å². The van der Waals surface area contributed by atoms with Gasteiger partial charge in [-0.3, -0.25) is 0 Å². The van der Waals surface area contributed by atoms with Crippen molar-refractivity contribution in [1.29, 1.82) is 0 Å². The Kier molecular flexibility index (Phi) is 5.97. The van der Waals surface area contributed by atoms with Crippen LogP contribution in [-0.4, -0.2) is 19.8 Å². The highest BCUT2D eigenvalue weighted by Crippen LogP contribution is 2.37. The number of ether oxygens (including phenoxy) is 2. The molecule has 0 saturated carbocycles. The maximum Gasteiger partial charge on any atom is 0.0918 e. The third-order valence-electron chi connectivity index (χ3n) is 3.86. The fourth-order valence-electron chi connectivity index (χ4n) is 2.74. The zero-order valence-corrected chi connectivity index (χ0v) is 13.0. The molecule has 0 heterocycles. The van der Waals surface area contributed by atoms with Gasteiger partial charge >= 0.3 is 0 Å². The molecule has 0 fully saturated rings. The van der Waals surface area contributed by atoms with Crippen molar-refractivity contribution < 1.29 is 9.47 Å². The van der Waals surface area contributed by atoms with Crippen molar-refractivity contribution in [3.8, 4) is 0 Å². The second kappa shape index (κ2) is 7.96. The summed E-state index contributed by atoms with van der Waals surface area (Å²) in [4.78, 5) is 0. The summed E-state index contributed by atoms with van der Waals surface area (Å²) in [5.41, 5.74) is 2.44. The van der Waals surface area contributed by atoms with Gasteiger partial charge in [-0.15, -0.1) is 0 Å². The second-order valence-electron chi connectivity index (χ2n) is 5.16. The molecule has 2 aromatic carbocycles. The normalized spacial score (nSPS) is 15.4. The largest absolute Gasteiger partial charge is 0.381 e. The fourth-order valence-corrected chi connectivity index (χ4v) is 2.74. The van der Waals surface area contributed by atoms with Gasteiger partial charge in [-0.25, -0.2) is 0 Å². The van der Waals surface area contributed by atoms with Crippen molar-refractivity contribution in [2.75, 3.05) is 13.7 Å². The first kappa shape index (κ1) is 15.7. The van der Waals surface area contributed by atoms with Gasteiger partial charge in [-0.2, -0.15) is 0 Å². The molecular formula is C19H24O2. The van der Waals surface area contributed by atoms with Crippen molar-refractivity contribution in [3.63, 3.8) is 0 Å². The van der Waals surface area contributed by atoms with Gasteiger partial charge in [-0.1, -0.05) is 60.7 Å². The molecule has 0 amide bonds. The Balaban J connectivity index is 2.41. The first-order valence-electron chi connectivity index (χ1n) is 7.52. The summed E-state index contributed by atoms with van der Waals surface area (Å²) >= 11 is 0. The minimum atomic E-state index is -0.00597. The van der Waals surface area contributed by atoms with Crippen LogP contribution in [0.5, 0.6) is 0 Å². The summed E-state index contributed by atoms with van der Waals surface area (Å²) in [6, 6.07) is 20.9. The molecule has 2 nitrogen and oxygen atoms in total. The van der Waals surface area contributed by atoms with E-state index in [0.29, 0.717) is 6.61 Å². The smallest absolute Gasteiger partial charge is 0.0918 e. The Labute approximate surface area is 127 Å². The van der Waals surface area contributed by atoms with Gasteiger partial charge in [0.25, 0.3) is 0 Å². The summed E-state index contributed by atoms with van der Waals surface area (Å²) in [6.07, 6.45) is 0.0673. The molecule has 0 aliphatic heterocycles. The van der Waals surface area contributed by atoms with E-state index in [1.807, 2.05) is 19.1 Å². The molecule has 3 atom stereocenters. The van der Waals surface area contributed by atoms with Crippen molar-refractivity contribution in [1.82, 2.24) is 0 Å². The predicted molar refractivity (Wildman–Crippen MR) is 86.5 cm³/mol. The Morgan fingerprint density at radius 2 is 1.38 bits per heavy atom. The Morgan fingerprint density at radius 1 is 0.857 bits per heavy atom. The molecular weight excluding hydrogens is 260 g/mol. The maximum atomic E-state index is 6.09. The van der Waals surface area contributed by atoms with Crippen LogP contribution in [0.4, 0.5) is 0 Å². The van der Waals surface area contributed by atoms with Crippen LogP contribution in [0.3, 0.4) is 0 Å². The number of benzene rings is 2. The minimum Gasteiger partial charge on any atom is -0.381 e. The molecule has 0 aliphatic rings. The standard InChI is InChI=1S/C19H24O2/c1-4-21-19(17-13-9-6-10-14-17)18(15(2)20-3)16-11-7-5-8-12-16/h5-15,18-19H,4H2,1-3H3.